The first-order chi connectivity index (χ1) is 14.5. The molecule has 160 valence electrons. The molecule has 1 N–H and O–H groups in total. The topological polar surface area (TPSA) is 73.9 Å². The van der Waals surface area contributed by atoms with E-state index in [9.17, 15) is 9.59 Å². The lowest BCUT2D eigenvalue weighted by molar-refractivity contribution is -0.157. The molecule has 3 rings (SSSR count). The molecule has 1 aliphatic heterocycles. The number of para-hydroxylation sites is 2. The highest BCUT2D eigenvalue weighted by atomic mass is 35.5. The lowest BCUT2D eigenvalue weighted by Crippen LogP contribution is -2.40. The molecular formula is C22H23Cl2NO5. The molecule has 0 saturated heterocycles. The van der Waals surface area contributed by atoms with E-state index in [2.05, 4.69) is 12.2 Å². The molecule has 0 fully saturated rings. The maximum absolute atomic E-state index is 12.2. The summed E-state index contributed by atoms with van der Waals surface area (Å²) >= 11 is 12.3. The third-order valence-electron chi connectivity index (χ3n) is 4.70. The number of fused-ring (bicyclic) bond motifs is 1. The molecule has 2 aromatic rings. The molecule has 1 heterocycles. The van der Waals surface area contributed by atoms with E-state index in [0.717, 1.165) is 18.4 Å². The first kappa shape index (κ1) is 22.2. The Kier molecular flexibility index (Phi) is 7.82. The minimum atomic E-state index is -0.909. The number of hydrogen-bond acceptors (Lipinski definition) is 5. The molecule has 0 saturated carbocycles. The molecule has 1 amide bonds. The number of halogens is 2. The monoisotopic (exact) mass is 451 g/mol. The molecule has 0 radical (unpaired) electrons. The largest absolute Gasteiger partial charge is 0.485 e. The Balaban J connectivity index is 1.48. The zero-order valence-corrected chi connectivity index (χ0v) is 18.0. The highest BCUT2D eigenvalue weighted by Gasteiger charge is 2.29. The molecule has 0 aromatic heterocycles. The van der Waals surface area contributed by atoms with Crippen LogP contribution in [0.2, 0.25) is 10.0 Å². The summed E-state index contributed by atoms with van der Waals surface area (Å²) < 4.78 is 16.2. The third kappa shape index (κ3) is 5.80. The molecule has 2 atom stereocenters. The van der Waals surface area contributed by atoms with E-state index < -0.39 is 24.6 Å². The lowest BCUT2D eigenvalue weighted by atomic mass is 9.94. The summed E-state index contributed by atoms with van der Waals surface area (Å²) in [6.07, 6.45) is 0.858. The van der Waals surface area contributed by atoms with Crippen molar-refractivity contribution < 1.29 is 23.8 Å². The average molecular weight is 452 g/mol. The number of carbonyl (C=O) groups excluding carboxylic acids is 2. The van der Waals surface area contributed by atoms with Crippen LogP contribution >= 0.6 is 23.2 Å². The molecule has 0 aliphatic carbocycles. The van der Waals surface area contributed by atoms with Crippen molar-refractivity contribution >= 4 is 35.1 Å². The zero-order valence-electron chi connectivity index (χ0n) is 16.5. The van der Waals surface area contributed by atoms with Gasteiger partial charge in [-0.25, -0.2) is 4.79 Å². The van der Waals surface area contributed by atoms with Crippen molar-refractivity contribution in [3.05, 3.63) is 58.1 Å². The van der Waals surface area contributed by atoms with Crippen molar-refractivity contribution in [3.8, 4) is 11.5 Å². The normalized spacial score (nSPS) is 15.9. The van der Waals surface area contributed by atoms with Gasteiger partial charge < -0.3 is 19.5 Å². The van der Waals surface area contributed by atoms with Crippen LogP contribution in [0.5, 0.6) is 11.5 Å². The van der Waals surface area contributed by atoms with Gasteiger partial charge in [0, 0.05) is 22.5 Å². The highest BCUT2D eigenvalue weighted by molar-refractivity contribution is 6.35. The Morgan fingerprint density at radius 3 is 2.70 bits per heavy atom. The zero-order chi connectivity index (χ0) is 21.5. The average Bonchev–Trinajstić information content (AvgIpc) is 2.75. The van der Waals surface area contributed by atoms with Crippen molar-refractivity contribution in [2.75, 3.05) is 19.8 Å². The summed E-state index contributed by atoms with van der Waals surface area (Å²) in [7, 11) is 0. The van der Waals surface area contributed by atoms with Crippen molar-refractivity contribution in [2.24, 2.45) is 0 Å². The third-order valence-corrected chi connectivity index (χ3v) is 5.26. The van der Waals surface area contributed by atoms with E-state index in [4.69, 9.17) is 37.4 Å². The van der Waals surface area contributed by atoms with Crippen LogP contribution < -0.4 is 14.8 Å². The number of esters is 1. The number of benzene rings is 2. The van der Waals surface area contributed by atoms with Crippen LogP contribution in [-0.2, 0) is 14.3 Å². The number of rotatable bonds is 8. The number of amides is 1. The molecule has 8 heteroatoms. The van der Waals surface area contributed by atoms with Crippen molar-refractivity contribution in [2.45, 2.75) is 31.8 Å². The van der Waals surface area contributed by atoms with E-state index in [1.54, 1.807) is 30.3 Å². The number of carbonyl (C=O) groups is 2. The van der Waals surface area contributed by atoms with Gasteiger partial charge in [-0.1, -0.05) is 54.7 Å². The highest BCUT2D eigenvalue weighted by Crippen LogP contribution is 2.31. The van der Waals surface area contributed by atoms with Gasteiger partial charge in [0.25, 0.3) is 5.91 Å². The van der Waals surface area contributed by atoms with Crippen LogP contribution in [0.3, 0.4) is 0 Å². The first-order valence-electron chi connectivity index (χ1n) is 9.74. The van der Waals surface area contributed by atoms with Crippen LogP contribution in [0.25, 0.3) is 0 Å². The maximum atomic E-state index is 12.2. The van der Waals surface area contributed by atoms with Crippen molar-refractivity contribution in [1.29, 1.82) is 0 Å². The summed E-state index contributed by atoms with van der Waals surface area (Å²) in [4.78, 5) is 24.4. The minimum absolute atomic E-state index is 0.0328. The minimum Gasteiger partial charge on any atom is -0.485 e. The summed E-state index contributed by atoms with van der Waals surface area (Å²) in [6.45, 7) is 2.07. The van der Waals surface area contributed by atoms with Gasteiger partial charge in [0.15, 0.2) is 18.1 Å². The van der Waals surface area contributed by atoms with E-state index in [-0.39, 0.29) is 12.5 Å². The summed E-state index contributed by atoms with van der Waals surface area (Å²) in [5.74, 6) is 0.0303. The van der Waals surface area contributed by atoms with Gasteiger partial charge in [-0.05, 0) is 36.2 Å². The van der Waals surface area contributed by atoms with E-state index >= 15 is 0 Å². The van der Waals surface area contributed by atoms with E-state index in [1.807, 2.05) is 12.1 Å². The first-order valence-corrected chi connectivity index (χ1v) is 10.5. The SMILES string of the molecule is CCC[C@H](CNC(=O)COC(=O)[C@H]1COc2ccccc2O1)c1ccc(Cl)cc1Cl. The molecule has 1 aliphatic rings. The Bertz CT molecular complexity index is 905. The summed E-state index contributed by atoms with van der Waals surface area (Å²) in [5, 5.41) is 3.93. The lowest BCUT2D eigenvalue weighted by Gasteiger charge is -2.25. The number of hydrogen-bond donors (Lipinski definition) is 1. The molecule has 0 unspecified atom stereocenters. The van der Waals surface area contributed by atoms with E-state index in [0.29, 0.717) is 28.1 Å². The van der Waals surface area contributed by atoms with Crippen molar-refractivity contribution in [3.63, 3.8) is 0 Å². The van der Waals surface area contributed by atoms with Gasteiger partial charge in [-0.15, -0.1) is 0 Å². The van der Waals surface area contributed by atoms with Crippen LogP contribution in [0, 0.1) is 0 Å². The van der Waals surface area contributed by atoms with E-state index in [1.165, 1.54) is 0 Å². The molecule has 0 spiro atoms. The fraction of sp³-hybridized carbons (Fsp3) is 0.364. The van der Waals surface area contributed by atoms with Crippen LogP contribution in [0.4, 0.5) is 0 Å². The fourth-order valence-electron chi connectivity index (χ4n) is 3.20. The van der Waals surface area contributed by atoms with Gasteiger partial charge in [-0.2, -0.15) is 0 Å². The van der Waals surface area contributed by atoms with Gasteiger partial charge in [0.05, 0.1) is 0 Å². The summed E-state index contributed by atoms with van der Waals surface area (Å²) in [6, 6.07) is 12.4. The number of nitrogens with one attached hydrogen (secondary N) is 1. The van der Waals surface area contributed by atoms with Gasteiger partial charge in [0.2, 0.25) is 6.10 Å². The molecule has 0 bridgehead atoms. The second-order valence-corrected chi connectivity index (χ2v) is 7.77. The fourth-order valence-corrected chi connectivity index (χ4v) is 3.76. The predicted octanol–water partition coefficient (Wildman–Crippen LogP) is 4.38. The predicted molar refractivity (Wildman–Crippen MR) is 114 cm³/mol. The molecule has 30 heavy (non-hydrogen) atoms. The quantitative estimate of drug-likeness (QED) is 0.602. The second kappa shape index (κ2) is 10.5. The smallest absolute Gasteiger partial charge is 0.351 e. The Morgan fingerprint density at radius 2 is 1.97 bits per heavy atom. The Labute approximate surface area is 185 Å². The molecule has 6 nitrogen and oxygen atoms in total. The van der Waals surface area contributed by atoms with Crippen molar-refractivity contribution in [1.82, 2.24) is 5.32 Å². The van der Waals surface area contributed by atoms with Gasteiger partial charge >= 0.3 is 5.97 Å². The van der Waals surface area contributed by atoms with Crippen LogP contribution in [0.15, 0.2) is 42.5 Å². The summed E-state index contributed by atoms with van der Waals surface area (Å²) in [5.41, 5.74) is 0.923. The number of ether oxygens (including phenoxy) is 3. The standard InChI is InChI=1S/C22H23Cl2NO5/c1-2-5-14(16-9-8-15(23)10-17(16)24)11-25-21(26)13-29-22(27)20-12-28-18-6-3-4-7-19(18)30-20/h3-4,6-10,14,20H,2,5,11-13H2,1H3,(H,25,26)/t14-,20-/m1/s1. The molecular weight excluding hydrogens is 429 g/mol. The molecule has 2 aromatic carbocycles. The maximum Gasteiger partial charge on any atom is 0.351 e. The van der Waals surface area contributed by atoms with Gasteiger partial charge in [-0.3, -0.25) is 4.79 Å². The van der Waals surface area contributed by atoms with Crippen LogP contribution in [0.1, 0.15) is 31.2 Å². The van der Waals surface area contributed by atoms with Gasteiger partial charge in [0.1, 0.15) is 6.61 Å². The Morgan fingerprint density at radius 1 is 1.20 bits per heavy atom. The second-order valence-electron chi connectivity index (χ2n) is 6.93. The van der Waals surface area contributed by atoms with Crippen LogP contribution in [-0.4, -0.2) is 37.7 Å². The Hall–Kier alpha value is -2.44.